The van der Waals surface area contributed by atoms with E-state index in [4.69, 9.17) is 15.8 Å². The predicted molar refractivity (Wildman–Crippen MR) is 79.4 cm³/mol. The molecule has 0 atom stereocenters. The molecule has 1 N–H and O–H groups in total. The maximum Gasteiger partial charge on any atom is 0.254 e. The monoisotopic (exact) mass is 290 g/mol. The van der Waals surface area contributed by atoms with Gasteiger partial charge in [0.1, 0.15) is 36.3 Å². The standard InChI is InChI=1S/C15H10N6O/c1-10-19-9-15(22)21(10)13-4-2-3-12(5-13)20-14(8-18)11(6-16)7-17/h2-5,20H,9H2,1H3. The van der Waals surface area contributed by atoms with Crippen LogP contribution in [0.2, 0.25) is 0 Å². The van der Waals surface area contributed by atoms with Crippen LogP contribution >= 0.6 is 0 Å². The Bertz CT molecular complexity index is 800. The third kappa shape index (κ3) is 2.77. The van der Waals surface area contributed by atoms with Crippen molar-refractivity contribution in [1.82, 2.24) is 0 Å². The fraction of sp³-hybridized carbons (Fsp3) is 0.133. The van der Waals surface area contributed by atoms with Gasteiger partial charge in [-0.05, 0) is 25.1 Å². The highest BCUT2D eigenvalue weighted by Gasteiger charge is 2.23. The van der Waals surface area contributed by atoms with Crippen LogP contribution in [-0.4, -0.2) is 18.3 Å². The number of benzene rings is 1. The van der Waals surface area contributed by atoms with Crippen molar-refractivity contribution in [3.63, 3.8) is 0 Å². The molecule has 0 radical (unpaired) electrons. The van der Waals surface area contributed by atoms with E-state index in [1.54, 1.807) is 49.4 Å². The Morgan fingerprint density at radius 2 is 2.00 bits per heavy atom. The molecule has 7 nitrogen and oxygen atoms in total. The first-order valence-corrected chi connectivity index (χ1v) is 6.26. The normalized spacial score (nSPS) is 12.7. The van der Waals surface area contributed by atoms with Crippen LogP contribution in [0.4, 0.5) is 11.4 Å². The van der Waals surface area contributed by atoms with Crippen molar-refractivity contribution in [2.75, 3.05) is 16.8 Å². The summed E-state index contributed by atoms with van der Waals surface area (Å²) in [5.41, 5.74) is 0.647. The van der Waals surface area contributed by atoms with E-state index < -0.39 is 0 Å². The zero-order valence-electron chi connectivity index (χ0n) is 11.7. The van der Waals surface area contributed by atoms with Gasteiger partial charge >= 0.3 is 0 Å². The van der Waals surface area contributed by atoms with Crippen LogP contribution < -0.4 is 10.2 Å². The quantitative estimate of drug-likeness (QED) is 0.850. The maximum absolute atomic E-state index is 11.8. The van der Waals surface area contributed by atoms with Gasteiger partial charge in [-0.15, -0.1) is 0 Å². The van der Waals surface area contributed by atoms with Crippen molar-refractivity contribution in [3.8, 4) is 18.2 Å². The highest BCUT2D eigenvalue weighted by Crippen LogP contribution is 2.23. The second kappa shape index (κ2) is 6.21. The van der Waals surface area contributed by atoms with Crippen LogP contribution in [0.25, 0.3) is 0 Å². The summed E-state index contributed by atoms with van der Waals surface area (Å²) in [5.74, 6) is 0.452. The molecule has 1 aliphatic heterocycles. The summed E-state index contributed by atoms with van der Waals surface area (Å²) < 4.78 is 0. The number of carbonyl (C=O) groups is 1. The molecule has 0 aliphatic carbocycles. The maximum atomic E-state index is 11.8. The van der Waals surface area contributed by atoms with Gasteiger partial charge in [-0.2, -0.15) is 15.8 Å². The Morgan fingerprint density at radius 3 is 2.55 bits per heavy atom. The van der Waals surface area contributed by atoms with Gasteiger partial charge in [0.2, 0.25) is 0 Å². The molecule has 1 aliphatic rings. The Morgan fingerprint density at radius 1 is 1.27 bits per heavy atom. The van der Waals surface area contributed by atoms with E-state index in [1.807, 2.05) is 0 Å². The van der Waals surface area contributed by atoms with Crippen LogP contribution in [0.1, 0.15) is 6.92 Å². The summed E-state index contributed by atoms with van der Waals surface area (Å²) in [6.07, 6.45) is 0. The number of carbonyl (C=O) groups excluding carboxylic acids is 1. The van der Waals surface area contributed by atoms with Gasteiger partial charge in [-0.3, -0.25) is 14.7 Å². The molecule has 0 saturated carbocycles. The number of amidine groups is 1. The van der Waals surface area contributed by atoms with E-state index in [1.165, 1.54) is 4.90 Å². The lowest BCUT2D eigenvalue weighted by Crippen LogP contribution is -2.30. The predicted octanol–water partition coefficient (Wildman–Crippen LogP) is 1.69. The summed E-state index contributed by atoms with van der Waals surface area (Å²) in [6, 6.07) is 11.8. The minimum Gasteiger partial charge on any atom is -0.345 e. The Kier molecular flexibility index (Phi) is 4.17. The second-order valence-corrected chi connectivity index (χ2v) is 4.35. The van der Waals surface area contributed by atoms with Crippen molar-refractivity contribution in [3.05, 3.63) is 35.5 Å². The lowest BCUT2D eigenvalue weighted by Gasteiger charge is -2.17. The van der Waals surface area contributed by atoms with Crippen molar-refractivity contribution in [1.29, 1.82) is 15.8 Å². The highest BCUT2D eigenvalue weighted by molar-refractivity contribution is 6.20. The van der Waals surface area contributed by atoms with Crippen LogP contribution in [0.5, 0.6) is 0 Å². The fourth-order valence-electron chi connectivity index (χ4n) is 1.99. The molecule has 106 valence electrons. The summed E-state index contributed by atoms with van der Waals surface area (Å²) in [4.78, 5) is 17.3. The molecule has 1 heterocycles. The van der Waals surface area contributed by atoms with Crippen molar-refractivity contribution in [2.45, 2.75) is 6.92 Å². The number of hydrogen-bond donors (Lipinski definition) is 1. The number of allylic oxidation sites excluding steroid dienone is 2. The summed E-state index contributed by atoms with van der Waals surface area (Å²) in [6.45, 7) is 1.84. The molecule has 0 fully saturated rings. The lowest BCUT2D eigenvalue weighted by molar-refractivity contribution is -0.115. The molecule has 2 rings (SSSR count). The van der Waals surface area contributed by atoms with Gasteiger partial charge in [0.15, 0.2) is 5.57 Å². The van der Waals surface area contributed by atoms with Crippen LogP contribution in [-0.2, 0) is 4.79 Å². The minimum absolute atomic E-state index is 0.111. The number of rotatable bonds is 3. The number of amides is 1. The zero-order valence-corrected chi connectivity index (χ0v) is 11.7. The van der Waals surface area contributed by atoms with Gasteiger partial charge in [-0.25, -0.2) is 0 Å². The number of hydrogen-bond acceptors (Lipinski definition) is 6. The molecular formula is C15H10N6O. The minimum atomic E-state index is -0.303. The molecule has 0 bridgehead atoms. The van der Waals surface area contributed by atoms with E-state index in [9.17, 15) is 4.79 Å². The van der Waals surface area contributed by atoms with E-state index in [2.05, 4.69) is 10.3 Å². The Hall–Kier alpha value is -3.63. The first kappa shape index (κ1) is 14.8. The van der Waals surface area contributed by atoms with Gasteiger partial charge in [-0.1, -0.05) is 6.07 Å². The van der Waals surface area contributed by atoms with Gasteiger partial charge < -0.3 is 5.32 Å². The molecule has 1 amide bonds. The first-order chi connectivity index (χ1) is 10.6. The summed E-state index contributed by atoms with van der Waals surface area (Å²) >= 11 is 0. The lowest BCUT2D eigenvalue weighted by atomic mass is 10.2. The fourth-order valence-corrected chi connectivity index (χ4v) is 1.99. The van der Waals surface area contributed by atoms with Crippen LogP contribution in [0, 0.1) is 34.0 Å². The molecule has 0 aromatic heterocycles. The van der Waals surface area contributed by atoms with Crippen molar-refractivity contribution in [2.24, 2.45) is 4.99 Å². The number of nitriles is 3. The van der Waals surface area contributed by atoms with Crippen LogP contribution in [0.3, 0.4) is 0 Å². The molecule has 0 unspecified atom stereocenters. The summed E-state index contributed by atoms with van der Waals surface area (Å²) in [5, 5.41) is 29.4. The average Bonchev–Trinajstić information content (AvgIpc) is 2.86. The Balaban J connectivity index is 2.35. The van der Waals surface area contributed by atoms with E-state index in [0.717, 1.165) is 0 Å². The molecule has 0 saturated heterocycles. The van der Waals surface area contributed by atoms with E-state index >= 15 is 0 Å². The number of aliphatic imine (C=N–C) groups is 1. The molecule has 1 aromatic rings. The number of nitrogens with one attached hydrogen (secondary N) is 1. The van der Waals surface area contributed by atoms with E-state index in [-0.39, 0.29) is 23.7 Å². The SMILES string of the molecule is CC1=NCC(=O)N1c1cccc(NC(C#N)=C(C#N)C#N)c1. The van der Waals surface area contributed by atoms with E-state index in [0.29, 0.717) is 17.2 Å². The number of nitrogens with zero attached hydrogens (tertiary/aromatic N) is 5. The average molecular weight is 290 g/mol. The molecule has 1 aromatic carbocycles. The van der Waals surface area contributed by atoms with Crippen molar-refractivity contribution >= 4 is 23.1 Å². The third-order valence-corrected chi connectivity index (χ3v) is 2.98. The third-order valence-electron chi connectivity index (χ3n) is 2.98. The summed E-state index contributed by atoms with van der Waals surface area (Å²) in [7, 11) is 0. The zero-order chi connectivity index (χ0) is 16.1. The van der Waals surface area contributed by atoms with Gasteiger partial charge in [0.25, 0.3) is 5.91 Å². The molecular weight excluding hydrogens is 280 g/mol. The largest absolute Gasteiger partial charge is 0.345 e. The van der Waals surface area contributed by atoms with Gasteiger partial charge in [0, 0.05) is 5.69 Å². The first-order valence-electron chi connectivity index (χ1n) is 6.26. The van der Waals surface area contributed by atoms with Crippen molar-refractivity contribution < 1.29 is 4.79 Å². The Labute approximate surface area is 127 Å². The van der Waals surface area contributed by atoms with Crippen LogP contribution in [0.15, 0.2) is 40.5 Å². The topological polar surface area (TPSA) is 116 Å². The molecule has 0 spiro atoms. The highest BCUT2D eigenvalue weighted by atomic mass is 16.2. The molecule has 22 heavy (non-hydrogen) atoms. The number of anilines is 2. The molecule has 7 heteroatoms. The smallest absolute Gasteiger partial charge is 0.254 e. The van der Waals surface area contributed by atoms with Gasteiger partial charge in [0.05, 0.1) is 5.69 Å². The second-order valence-electron chi connectivity index (χ2n) is 4.35.